The second-order valence-corrected chi connectivity index (χ2v) is 8.61. The molecule has 0 bridgehead atoms. The maximum absolute atomic E-state index is 13.5. The van der Waals surface area contributed by atoms with E-state index in [-0.39, 0.29) is 25.0 Å². The summed E-state index contributed by atoms with van der Waals surface area (Å²) in [4.78, 5) is 51.4. The van der Waals surface area contributed by atoms with Gasteiger partial charge >= 0.3 is 5.97 Å². The molecule has 170 valence electrons. The molecule has 2 aliphatic heterocycles. The molecule has 0 radical (unpaired) electrons. The number of nitrogens with zero attached hydrogens (tertiary/aromatic N) is 1. The van der Waals surface area contributed by atoms with Crippen molar-refractivity contribution in [3.8, 4) is 0 Å². The van der Waals surface area contributed by atoms with Crippen molar-refractivity contribution in [2.24, 2.45) is 5.92 Å². The number of hydrogen-bond donors (Lipinski definition) is 1. The van der Waals surface area contributed by atoms with Gasteiger partial charge in [0.2, 0.25) is 17.7 Å². The van der Waals surface area contributed by atoms with Crippen molar-refractivity contribution in [3.63, 3.8) is 0 Å². The first-order valence-corrected chi connectivity index (χ1v) is 11.0. The number of nitrogens with one attached hydrogen (secondary N) is 1. The fourth-order valence-electron chi connectivity index (χ4n) is 4.43. The molecule has 2 aromatic rings. The highest BCUT2D eigenvalue weighted by molar-refractivity contribution is 6.10. The number of ether oxygens (including phenoxy) is 1. The number of esters is 1. The molecule has 3 amide bonds. The molecule has 2 atom stereocenters. The number of anilines is 1. The number of hydrogen-bond acceptors (Lipinski definition) is 5. The molecule has 0 spiro atoms. The smallest absolute Gasteiger partial charge is 0.326 e. The van der Waals surface area contributed by atoms with Gasteiger partial charge in [0.05, 0.1) is 5.41 Å². The fraction of sp³-hybridized carbons (Fsp3) is 0.308. The lowest BCUT2D eigenvalue weighted by Crippen LogP contribution is -2.42. The van der Waals surface area contributed by atoms with Gasteiger partial charge in [0.25, 0.3) is 0 Å². The molecule has 0 saturated carbocycles. The van der Waals surface area contributed by atoms with E-state index in [1.807, 2.05) is 61.5 Å². The lowest BCUT2D eigenvalue weighted by molar-refractivity contribution is -0.144. The van der Waals surface area contributed by atoms with Gasteiger partial charge in [0.15, 0.2) is 0 Å². The van der Waals surface area contributed by atoms with Crippen molar-refractivity contribution >= 4 is 29.4 Å². The van der Waals surface area contributed by atoms with Crippen LogP contribution >= 0.6 is 0 Å². The van der Waals surface area contributed by atoms with Crippen molar-refractivity contribution in [1.82, 2.24) is 5.32 Å². The summed E-state index contributed by atoms with van der Waals surface area (Å²) < 4.78 is 5.39. The minimum atomic E-state index is -0.878. The van der Waals surface area contributed by atoms with Crippen LogP contribution in [0.2, 0.25) is 0 Å². The molecule has 33 heavy (non-hydrogen) atoms. The zero-order valence-corrected chi connectivity index (χ0v) is 18.5. The standard InChI is InChI=1S/C26H26N2O5/c1-26(15-14-19-10-7-13-22(29)27-24(19)31)20-11-5-6-12-21(20)28(25(26)32)16-23(30)33-17-18-8-3-2-4-9-18/h2-9,11-13,19H,10,14-17H2,1H3,(H,27,29,31). The van der Waals surface area contributed by atoms with Crippen LogP contribution in [0.15, 0.2) is 66.7 Å². The Kier molecular flexibility index (Phi) is 6.40. The third-order valence-corrected chi connectivity index (χ3v) is 6.34. The Morgan fingerprint density at radius 1 is 1.09 bits per heavy atom. The molecular formula is C26H26N2O5. The molecule has 2 heterocycles. The molecule has 0 aliphatic carbocycles. The normalized spacial score (nSPS) is 22.0. The maximum atomic E-state index is 13.5. The predicted octanol–water partition coefficient (Wildman–Crippen LogP) is 3.03. The second kappa shape index (κ2) is 9.40. The minimum absolute atomic E-state index is 0.143. The highest BCUT2D eigenvalue weighted by atomic mass is 16.5. The van der Waals surface area contributed by atoms with Crippen LogP contribution in [-0.4, -0.2) is 30.2 Å². The average molecular weight is 447 g/mol. The lowest BCUT2D eigenvalue weighted by Gasteiger charge is -2.26. The van der Waals surface area contributed by atoms with Gasteiger partial charge in [0, 0.05) is 11.6 Å². The van der Waals surface area contributed by atoms with Crippen LogP contribution in [0.5, 0.6) is 0 Å². The van der Waals surface area contributed by atoms with E-state index in [1.165, 1.54) is 11.0 Å². The van der Waals surface area contributed by atoms with Gasteiger partial charge in [-0.15, -0.1) is 0 Å². The van der Waals surface area contributed by atoms with Gasteiger partial charge in [-0.1, -0.05) is 54.6 Å². The summed E-state index contributed by atoms with van der Waals surface area (Å²) in [5, 5.41) is 2.35. The summed E-state index contributed by atoms with van der Waals surface area (Å²) in [5.41, 5.74) is 1.50. The molecule has 2 unspecified atom stereocenters. The molecule has 2 aliphatic rings. The molecule has 7 nitrogen and oxygen atoms in total. The maximum Gasteiger partial charge on any atom is 0.326 e. The van der Waals surface area contributed by atoms with E-state index < -0.39 is 23.2 Å². The SMILES string of the molecule is CC1(CCC2CC=CC(=O)NC2=O)C(=O)N(CC(=O)OCc2ccccc2)c2ccccc21. The van der Waals surface area contributed by atoms with Crippen LogP contribution in [0.3, 0.4) is 0 Å². The zero-order chi connectivity index (χ0) is 23.4. The van der Waals surface area contributed by atoms with Crippen molar-refractivity contribution in [2.45, 2.75) is 38.2 Å². The molecule has 0 fully saturated rings. The van der Waals surface area contributed by atoms with Crippen molar-refractivity contribution in [2.75, 3.05) is 11.4 Å². The summed E-state index contributed by atoms with van der Waals surface area (Å²) >= 11 is 0. The number of benzene rings is 2. The summed E-state index contributed by atoms with van der Waals surface area (Å²) in [5.74, 6) is -1.82. The molecule has 0 saturated heterocycles. The first-order chi connectivity index (χ1) is 15.9. The lowest BCUT2D eigenvalue weighted by atomic mass is 9.77. The van der Waals surface area contributed by atoms with Crippen LogP contribution in [-0.2, 0) is 35.9 Å². The summed E-state index contributed by atoms with van der Waals surface area (Å²) in [6, 6.07) is 16.8. The Balaban J connectivity index is 1.46. The zero-order valence-electron chi connectivity index (χ0n) is 18.5. The van der Waals surface area contributed by atoms with Gasteiger partial charge < -0.3 is 9.64 Å². The van der Waals surface area contributed by atoms with Gasteiger partial charge in [-0.2, -0.15) is 0 Å². The molecule has 4 rings (SSSR count). The number of para-hydroxylation sites is 1. The van der Waals surface area contributed by atoms with Gasteiger partial charge in [-0.3, -0.25) is 24.5 Å². The average Bonchev–Trinajstić information content (AvgIpc) is 2.91. The fourth-order valence-corrected chi connectivity index (χ4v) is 4.43. The number of fused-ring (bicyclic) bond motifs is 1. The van der Waals surface area contributed by atoms with Crippen LogP contribution in [0, 0.1) is 5.92 Å². The molecule has 7 heteroatoms. The molecular weight excluding hydrogens is 420 g/mol. The predicted molar refractivity (Wildman–Crippen MR) is 122 cm³/mol. The van der Waals surface area contributed by atoms with Crippen molar-refractivity contribution in [3.05, 3.63) is 77.9 Å². The van der Waals surface area contributed by atoms with Crippen molar-refractivity contribution in [1.29, 1.82) is 0 Å². The van der Waals surface area contributed by atoms with E-state index in [9.17, 15) is 19.2 Å². The first-order valence-electron chi connectivity index (χ1n) is 11.0. The van der Waals surface area contributed by atoms with E-state index in [0.29, 0.717) is 24.9 Å². The quantitative estimate of drug-likeness (QED) is 0.521. The second-order valence-electron chi connectivity index (χ2n) is 8.61. The summed E-state index contributed by atoms with van der Waals surface area (Å²) in [6.45, 7) is 1.81. The monoisotopic (exact) mass is 446 g/mol. The van der Waals surface area contributed by atoms with Crippen LogP contribution < -0.4 is 10.2 Å². The first kappa shape index (κ1) is 22.5. The number of allylic oxidation sites excluding steroid dienone is 1. The van der Waals surface area contributed by atoms with Gasteiger partial charge in [-0.25, -0.2) is 0 Å². The highest BCUT2D eigenvalue weighted by Crippen LogP contribution is 2.45. The van der Waals surface area contributed by atoms with Crippen molar-refractivity contribution < 1.29 is 23.9 Å². The van der Waals surface area contributed by atoms with Crippen LogP contribution in [0.1, 0.15) is 37.3 Å². The third kappa shape index (κ3) is 4.72. The largest absolute Gasteiger partial charge is 0.459 e. The number of carbonyl (C=O) groups is 4. The Morgan fingerprint density at radius 3 is 2.61 bits per heavy atom. The molecule has 1 N–H and O–H groups in total. The number of imide groups is 1. The summed E-state index contributed by atoms with van der Waals surface area (Å²) in [7, 11) is 0. The minimum Gasteiger partial charge on any atom is -0.459 e. The van der Waals surface area contributed by atoms with E-state index in [4.69, 9.17) is 4.74 Å². The topological polar surface area (TPSA) is 92.8 Å². The van der Waals surface area contributed by atoms with Gasteiger partial charge in [-0.05, 0) is 49.5 Å². The number of amides is 3. The van der Waals surface area contributed by atoms with E-state index in [1.54, 1.807) is 6.08 Å². The van der Waals surface area contributed by atoms with E-state index >= 15 is 0 Å². The van der Waals surface area contributed by atoms with Crippen LogP contribution in [0.4, 0.5) is 5.69 Å². The van der Waals surface area contributed by atoms with E-state index in [2.05, 4.69) is 5.32 Å². The third-order valence-electron chi connectivity index (χ3n) is 6.34. The Labute approximate surface area is 192 Å². The molecule has 0 aromatic heterocycles. The number of rotatable bonds is 7. The Hall–Kier alpha value is -3.74. The Morgan fingerprint density at radius 2 is 1.82 bits per heavy atom. The summed E-state index contributed by atoms with van der Waals surface area (Å²) in [6.07, 6.45) is 4.34. The van der Waals surface area contributed by atoms with Crippen LogP contribution in [0.25, 0.3) is 0 Å². The molecule has 2 aromatic carbocycles. The Bertz CT molecular complexity index is 1110. The van der Waals surface area contributed by atoms with Gasteiger partial charge in [0.1, 0.15) is 13.2 Å². The van der Waals surface area contributed by atoms with E-state index in [0.717, 1.165) is 11.1 Å². The number of carbonyl (C=O) groups excluding carboxylic acids is 4. The highest BCUT2D eigenvalue weighted by Gasteiger charge is 2.48.